The highest BCUT2D eigenvalue weighted by molar-refractivity contribution is 5.96. The molecule has 0 unspecified atom stereocenters. The van der Waals surface area contributed by atoms with Gasteiger partial charge in [-0.2, -0.15) is 0 Å². The maximum atomic E-state index is 11.1. The molecule has 0 spiro atoms. The highest BCUT2D eigenvalue weighted by Crippen LogP contribution is 2.20. The van der Waals surface area contributed by atoms with Crippen molar-refractivity contribution in [3.05, 3.63) is 17.8 Å². The second kappa shape index (κ2) is 3.89. The van der Waals surface area contributed by atoms with Gasteiger partial charge >= 0.3 is 0 Å². The minimum absolute atomic E-state index is 0.0942. The number of nitrogens with zero attached hydrogens (tertiary/aromatic N) is 1. The standard InChI is InChI=1S/C9H11NO3/c1-6(11)8-4-7(12-2)5-10-9(8)13-3/h4-5H,1-3H3. The summed E-state index contributed by atoms with van der Waals surface area (Å²) >= 11 is 0. The Labute approximate surface area is 76.5 Å². The molecule has 0 saturated heterocycles. The van der Waals surface area contributed by atoms with Gasteiger partial charge in [-0.1, -0.05) is 0 Å². The number of Topliss-reactive ketones (excluding diaryl/α,β-unsaturated/α-hetero) is 1. The highest BCUT2D eigenvalue weighted by Gasteiger charge is 2.10. The summed E-state index contributed by atoms with van der Waals surface area (Å²) in [4.78, 5) is 15.0. The molecule has 0 aliphatic rings. The third kappa shape index (κ3) is 1.96. The normalized spacial score (nSPS) is 9.46. The van der Waals surface area contributed by atoms with Crippen molar-refractivity contribution in [3.63, 3.8) is 0 Å². The lowest BCUT2D eigenvalue weighted by Gasteiger charge is -2.05. The number of ketones is 1. The van der Waals surface area contributed by atoms with Crippen LogP contribution >= 0.6 is 0 Å². The van der Waals surface area contributed by atoms with Gasteiger partial charge in [0.1, 0.15) is 5.75 Å². The fraction of sp³-hybridized carbons (Fsp3) is 0.333. The molecule has 0 saturated carbocycles. The first kappa shape index (κ1) is 9.51. The quantitative estimate of drug-likeness (QED) is 0.659. The van der Waals surface area contributed by atoms with Crippen molar-refractivity contribution in [1.29, 1.82) is 0 Å². The summed E-state index contributed by atoms with van der Waals surface area (Å²) in [5, 5.41) is 0. The topological polar surface area (TPSA) is 48.4 Å². The minimum atomic E-state index is -0.0942. The zero-order chi connectivity index (χ0) is 9.84. The van der Waals surface area contributed by atoms with Crippen LogP contribution in [0.5, 0.6) is 11.6 Å². The molecule has 1 heterocycles. The first-order valence-electron chi connectivity index (χ1n) is 3.78. The lowest BCUT2D eigenvalue weighted by atomic mass is 10.2. The molecule has 1 aromatic rings. The van der Waals surface area contributed by atoms with Crippen molar-refractivity contribution in [2.45, 2.75) is 6.92 Å². The van der Waals surface area contributed by atoms with E-state index in [-0.39, 0.29) is 5.78 Å². The highest BCUT2D eigenvalue weighted by atomic mass is 16.5. The van der Waals surface area contributed by atoms with Crippen LogP contribution < -0.4 is 9.47 Å². The van der Waals surface area contributed by atoms with E-state index < -0.39 is 0 Å². The first-order chi connectivity index (χ1) is 6.19. The Morgan fingerprint density at radius 1 is 1.38 bits per heavy atom. The molecular weight excluding hydrogens is 170 g/mol. The maximum absolute atomic E-state index is 11.1. The molecule has 4 heteroatoms. The molecule has 0 bridgehead atoms. The summed E-state index contributed by atoms with van der Waals surface area (Å²) in [5.41, 5.74) is 0.432. The van der Waals surface area contributed by atoms with Gasteiger partial charge in [0.05, 0.1) is 26.0 Å². The van der Waals surface area contributed by atoms with Gasteiger partial charge in [0.15, 0.2) is 5.78 Å². The number of ether oxygens (including phenoxy) is 2. The summed E-state index contributed by atoms with van der Waals surface area (Å²) < 4.78 is 9.85. The number of hydrogen-bond donors (Lipinski definition) is 0. The number of methoxy groups -OCH3 is 2. The van der Waals surface area contributed by atoms with E-state index in [0.29, 0.717) is 17.2 Å². The maximum Gasteiger partial charge on any atom is 0.224 e. The molecule has 0 amide bonds. The molecule has 0 atom stereocenters. The fourth-order valence-electron chi connectivity index (χ4n) is 0.960. The molecule has 0 aliphatic carbocycles. The number of rotatable bonds is 3. The number of pyridine rings is 1. The van der Waals surface area contributed by atoms with Crippen molar-refractivity contribution in [3.8, 4) is 11.6 Å². The molecule has 4 nitrogen and oxygen atoms in total. The molecule has 0 aromatic carbocycles. The van der Waals surface area contributed by atoms with Crippen LogP contribution in [0.15, 0.2) is 12.3 Å². The van der Waals surface area contributed by atoms with Gasteiger partial charge in [0.25, 0.3) is 0 Å². The Morgan fingerprint density at radius 3 is 2.54 bits per heavy atom. The zero-order valence-electron chi connectivity index (χ0n) is 7.83. The van der Waals surface area contributed by atoms with Crippen LogP contribution in [-0.4, -0.2) is 25.0 Å². The van der Waals surface area contributed by atoms with E-state index in [2.05, 4.69) is 4.98 Å². The molecule has 1 rings (SSSR count). The average molecular weight is 181 g/mol. The van der Waals surface area contributed by atoms with Crippen molar-refractivity contribution >= 4 is 5.78 Å². The van der Waals surface area contributed by atoms with Crippen LogP contribution in [0.2, 0.25) is 0 Å². The van der Waals surface area contributed by atoms with E-state index in [4.69, 9.17) is 9.47 Å². The van der Waals surface area contributed by atoms with Gasteiger partial charge in [-0.05, 0) is 13.0 Å². The van der Waals surface area contributed by atoms with Gasteiger partial charge in [-0.25, -0.2) is 4.98 Å². The molecular formula is C9H11NO3. The van der Waals surface area contributed by atoms with E-state index in [1.165, 1.54) is 27.3 Å². The molecule has 0 aliphatic heterocycles. The summed E-state index contributed by atoms with van der Waals surface area (Å²) in [5.74, 6) is 0.780. The smallest absolute Gasteiger partial charge is 0.224 e. The Morgan fingerprint density at radius 2 is 2.08 bits per heavy atom. The van der Waals surface area contributed by atoms with Gasteiger partial charge in [0, 0.05) is 0 Å². The monoisotopic (exact) mass is 181 g/mol. The van der Waals surface area contributed by atoms with Crippen molar-refractivity contribution in [2.75, 3.05) is 14.2 Å². The Hall–Kier alpha value is -1.58. The van der Waals surface area contributed by atoms with Crippen LogP contribution in [0.25, 0.3) is 0 Å². The van der Waals surface area contributed by atoms with Crippen LogP contribution in [-0.2, 0) is 0 Å². The molecule has 0 radical (unpaired) electrons. The minimum Gasteiger partial charge on any atom is -0.495 e. The SMILES string of the molecule is COc1cnc(OC)c(C(C)=O)c1. The third-order valence-corrected chi connectivity index (χ3v) is 1.63. The van der Waals surface area contributed by atoms with Crippen molar-refractivity contribution in [1.82, 2.24) is 4.98 Å². The summed E-state index contributed by atoms with van der Waals surface area (Å²) in [6, 6.07) is 1.61. The molecule has 0 fully saturated rings. The molecule has 0 N–H and O–H groups in total. The van der Waals surface area contributed by atoms with E-state index in [9.17, 15) is 4.79 Å². The first-order valence-corrected chi connectivity index (χ1v) is 3.78. The lowest BCUT2D eigenvalue weighted by molar-refractivity contribution is 0.101. The van der Waals surface area contributed by atoms with E-state index >= 15 is 0 Å². The number of carbonyl (C=O) groups excluding carboxylic acids is 1. The predicted octanol–water partition coefficient (Wildman–Crippen LogP) is 1.30. The van der Waals surface area contributed by atoms with Crippen LogP contribution in [0.3, 0.4) is 0 Å². The van der Waals surface area contributed by atoms with Gasteiger partial charge in [-0.15, -0.1) is 0 Å². The van der Waals surface area contributed by atoms with E-state index in [1.807, 2.05) is 0 Å². The van der Waals surface area contributed by atoms with Gasteiger partial charge in [0.2, 0.25) is 5.88 Å². The second-order valence-electron chi connectivity index (χ2n) is 2.49. The largest absolute Gasteiger partial charge is 0.495 e. The van der Waals surface area contributed by atoms with Gasteiger partial charge in [-0.3, -0.25) is 4.79 Å². The fourth-order valence-corrected chi connectivity index (χ4v) is 0.960. The lowest BCUT2D eigenvalue weighted by Crippen LogP contribution is -2.00. The number of carbonyl (C=O) groups is 1. The van der Waals surface area contributed by atoms with E-state index in [1.54, 1.807) is 6.07 Å². The number of hydrogen-bond acceptors (Lipinski definition) is 4. The van der Waals surface area contributed by atoms with Crippen molar-refractivity contribution in [2.24, 2.45) is 0 Å². The van der Waals surface area contributed by atoms with Crippen molar-refractivity contribution < 1.29 is 14.3 Å². The Kier molecular flexibility index (Phi) is 2.84. The summed E-state index contributed by atoms with van der Waals surface area (Å²) in [7, 11) is 2.99. The predicted molar refractivity (Wildman–Crippen MR) is 47.3 cm³/mol. The molecule has 70 valence electrons. The summed E-state index contributed by atoms with van der Waals surface area (Å²) in [6.07, 6.45) is 1.51. The van der Waals surface area contributed by atoms with Crippen LogP contribution in [0, 0.1) is 0 Å². The van der Waals surface area contributed by atoms with Crippen LogP contribution in [0.1, 0.15) is 17.3 Å². The Balaban J connectivity index is 3.18. The molecule has 13 heavy (non-hydrogen) atoms. The van der Waals surface area contributed by atoms with Crippen LogP contribution in [0.4, 0.5) is 0 Å². The second-order valence-corrected chi connectivity index (χ2v) is 2.49. The van der Waals surface area contributed by atoms with Gasteiger partial charge < -0.3 is 9.47 Å². The summed E-state index contributed by atoms with van der Waals surface area (Å²) in [6.45, 7) is 1.46. The Bertz CT molecular complexity index is 323. The third-order valence-electron chi connectivity index (χ3n) is 1.63. The molecule has 1 aromatic heterocycles. The van der Waals surface area contributed by atoms with E-state index in [0.717, 1.165) is 0 Å². The zero-order valence-corrected chi connectivity index (χ0v) is 7.83. The number of aromatic nitrogens is 1. The average Bonchev–Trinajstić information content (AvgIpc) is 2.16.